The number of hydrogen-bond donors (Lipinski definition) is 3. The van der Waals surface area contributed by atoms with Crippen molar-refractivity contribution in [1.82, 2.24) is 5.32 Å². The Balaban J connectivity index is 3.92. The molecule has 0 aliphatic carbocycles. The van der Waals surface area contributed by atoms with E-state index in [9.17, 15) is 19.4 Å². The minimum atomic E-state index is -4.35. The first-order chi connectivity index (χ1) is 39.0. The van der Waals surface area contributed by atoms with Gasteiger partial charge in [-0.15, -0.1) is 0 Å². The Morgan fingerprint density at radius 3 is 0.963 bits per heavy atom. The van der Waals surface area contributed by atoms with Gasteiger partial charge in [-0.25, -0.2) is 4.57 Å². The molecule has 0 rings (SSSR count). The first-order valence-electron chi connectivity index (χ1n) is 35.7. The van der Waals surface area contributed by atoms with E-state index in [0.29, 0.717) is 17.4 Å². The lowest BCUT2D eigenvalue weighted by Gasteiger charge is -2.25. The monoisotopic (exact) mass is 1150 g/mol. The van der Waals surface area contributed by atoms with Gasteiger partial charge in [-0.05, 0) is 44.9 Å². The SMILES string of the molecule is CCCCCCCCCCCCCCCCCCC/C=C/C(O)C(COP(=O)(O)OCC[N+](C)(C)C)NC(=O)CCCCCCCCCCCCCCCCCCC/C=C\CCCCCCCCCCCCCCCCCCCC. The zero-order valence-electron chi connectivity index (χ0n) is 54.6. The summed E-state index contributed by atoms with van der Waals surface area (Å²) in [6, 6.07) is -0.845. The van der Waals surface area contributed by atoms with E-state index in [1.165, 1.54) is 321 Å². The number of hydrogen-bond acceptors (Lipinski definition) is 5. The summed E-state index contributed by atoms with van der Waals surface area (Å²) in [6.45, 7) is 4.88. The molecule has 0 spiro atoms. The van der Waals surface area contributed by atoms with Crippen molar-refractivity contribution in [3.05, 3.63) is 24.3 Å². The number of aliphatic hydroxyl groups excluding tert-OH is 1. The number of unbranched alkanes of at least 4 members (excludes halogenated alkanes) is 52. The second-order valence-electron chi connectivity index (χ2n) is 26.0. The molecule has 3 unspecified atom stereocenters. The van der Waals surface area contributed by atoms with E-state index < -0.39 is 20.0 Å². The topological polar surface area (TPSA) is 105 Å². The molecule has 0 aromatic heterocycles. The lowest BCUT2D eigenvalue weighted by molar-refractivity contribution is -0.870. The Bertz CT molecular complexity index is 1350. The molecule has 1 amide bonds. The average molecular weight is 1150 g/mol. The highest BCUT2D eigenvalue weighted by atomic mass is 31.2. The third kappa shape index (κ3) is 64.5. The van der Waals surface area contributed by atoms with Crippen LogP contribution in [0.2, 0.25) is 0 Å². The van der Waals surface area contributed by atoms with Crippen LogP contribution < -0.4 is 5.32 Å². The van der Waals surface area contributed by atoms with Gasteiger partial charge in [-0.3, -0.25) is 13.8 Å². The van der Waals surface area contributed by atoms with Crippen LogP contribution in [0.5, 0.6) is 0 Å². The highest BCUT2D eigenvalue weighted by Crippen LogP contribution is 2.43. The molecule has 80 heavy (non-hydrogen) atoms. The summed E-state index contributed by atoms with van der Waals surface area (Å²) in [5, 5.41) is 14.0. The number of phosphoric acid groups is 1. The number of likely N-dealkylation sites (N-methyl/N-ethyl adjacent to an activating group) is 1. The number of nitrogens with zero attached hydrogens (tertiary/aromatic N) is 1. The van der Waals surface area contributed by atoms with Crippen molar-refractivity contribution in [3.8, 4) is 0 Å². The lowest BCUT2D eigenvalue weighted by Crippen LogP contribution is -2.45. The summed E-state index contributed by atoms with van der Waals surface area (Å²) in [4.78, 5) is 23.4. The van der Waals surface area contributed by atoms with E-state index >= 15 is 0 Å². The fourth-order valence-electron chi connectivity index (χ4n) is 11.1. The predicted molar refractivity (Wildman–Crippen MR) is 351 cm³/mol. The number of quaternary nitrogens is 1. The summed E-state index contributed by atoms with van der Waals surface area (Å²) in [5.74, 6) is -0.169. The van der Waals surface area contributed by atoms with Crippen LogP contribution >= 0.6 is 7.82 Å². The van der Waals surface area contributed by atoms with Crippen molar-refractivity contribution < 1.29 is 32.9 Å². The number of nitrogens with one attached hydrogen (secondary N) is 1. The molecule has 3 atom stereocenters. The van der Waals surface area contributed by atoms with E-state index in [4.69, 9.17) is 9.05 Å². The summed E-state index contributed by atoms with van der Waals surface area (Å²) in [7, 11) is 1.59. The van der Waals surface area contributed by atoms with Gasteiger partial charge in [0.15, 0.2) is 0 Å². The van der Waals surface area contributed by atoms with Crippen LogP contribution in [-0.4, -0.2) is 73.4 Å². The number of allylic oxidation sites excluding steroid dienone is 3. The third-order valence-corrected chi connectivity index (χ3v) is 17.6. The van der Waals surface area contributed by atoms with Crippen molar-refractivity contribution in [2.24, 2.45) is 0 Å². The molecule has 0 saturated heterocycles. The van der Waals surface area contributed by atoms with Crippen molar-refractivity contribution in [3.63, 3.8) is 0 Å². The molecule has 0 aliphatic rings. The minimum absolute atomic E-state index is 0.0642. The maximum atomic E-state index is 13.0. The van der Waals surface area contributed by atoms with Gasteiger partial charge >= 0.3 is 7.82 Å². The molecule has 0 saturated carbocycles. The second-order valence-corrected chi connectivity index (χ2v) is 27.4. The quantitative estimate of drug-likeness (QED) is 0.0243. The molecule has 0 heterocycles. The van der Waals surface area contributed by atoms with Gasteiger partial charge in [0.2, 0.25) is 5.91 Å². The molecule has 476 valence electrons. The maximum absolute atomic E-state index is 13.0. The Morgan fingerprint density at radius 2 is 0.675 bits per heavy atom. The molecule has 3 N–H and O–H groups in total. The summed E-state index contributed by atoms with van der Waals surface area (Å²) >= 11 is 0. The lowest BCUT2D eigenvalue weighted by atomic mass is 10.0. The average Bonchev–Trinajstić information content (AvgIpc) is 3.42. The third-order valence-electron chi connectivity index (χ3n) is 16.7. The zero-order valence-corrected chi connectivity index (χ0v) is 55.5. The van der Waals surface area contributed by atoms with Crippen LogP contribution in [0.1, 0.15) is 373 Å². The number of carbonyl (C=O) groups is 1. The van der Waals surface area contributed by atoms with E-state index in [1.807, 2.05) is 27.2 Å². The molecule has 0 aromatic rings. The largest absolute Gasteiger partial charge is 0.472 e. The summed E-state index contributed by atoms with van der Waals surface area (Å²) < 4.78 is 23.8. The van der Waals surface area contributed by atoms with Gasteiger partial charge < -0.3 is 19.8 Å². The van der Waals surface area contributed by atoms with Crippen LogP contribution in [-0.2, 0) is 18.4 Å². The fourth-order valence-corrected chi connectivity index (χ4v) is 11.8. The number of rotatable bonds is 67. The van der Waals surface area contributed by atoms with Crippen LogP contribution in [0.3, 0.4) is 0 Å². The molecule has 0 aliphatic heterocycles. The predicted octanol–water partition coefficient (Wildman–Crippen LogP) is 22.7. The van der Waals surface area contributed by atoms with Gasteiger partial charge in [0.05, 0.1) is 39.9 Å². The summed E-state index contributed by atoms with van der Waals surface area (Å²) in [5.41, 5.74) is 0. The van der Waals surface area contributed by atoms with Crippen LogP contribution in [0.25, 0.3) is 0 Å². The van der Waals surface area contributed by atoms with E-state index in [0.717, 1.165) is 32.1 Å². The Morgan fingerprint density at radius 1 is 0.412 bits per heavy atom. The normalized spacial score (nSPS) is 13.7. The fraction of sp³-hybridized carbons (Fsp3) is 0.930. The number of phosphoric ester groups is 1. The zero-order chi connectivity index (χ0) is 58.4. The Kier molecular flexibility index (Phi) is 61.7. The highest BCUT2D eigenvalue weighted by molar-refractivity contribution is 7.47. The van der Waals surface area contributed by atoms with Crippen molar-refractivity contribution in [2.75, 3.05) is 40.9 Å². The first kappa shape index (κ1) is 79.0. The number of carbonyl (C=O) groups excluding carboxylic acids is 1. The van der Waals surface area contributed by atoms with E-state index in [1.54, 1.807) is 6.08 Å². The molecule has 0 aromatic carbocycles. The van der Waals surface area contributed by atoms with E-state index in [2.05, 4.69) is 31.3 Å². The minimum Gasteiger partial charge on any atom is -0.387 e. The maximum Gasteiger partial charge on any atom is 0.472 e. The van der Waals surface area contributed by atoms with Crippen LogP contribution in [0.15, 0.2) is 24.3 Å². The van der Waals surface area contributed by atoms with Crippen molar-refractivity contribution >= 4 is 13.7 Å². The number of amides is 1. The smallest absolute Gasteiger partial charge is 0.387 e. The van der Waals surface area contributed by atoms with Crippen LogP contribution in [0, 0.1) is 0 Å². The molecular weight excluding hydrogens is 1010 g/mol. The van der Waals surface area contributed by atoms with Gasteiger partial charge in [0, 0.05) is 6.42 Å². The first-order valence-corrected chi connectivity index (χ1v) is 37.2. The second kappa shape index (κ2) is 62.5. The van der Waals surface area contributed by atoms with Crippen LogP contribution in [0.4, 0.5) is 0 Å². The van der Waals surface area contributed by atoms with Crippen molar-refractivity contribution in [2.45, 2.75) is 386 Å². The summed E-state index contributed by atoms with van der Waals surface area (Å²) in [6.07, 6.45) is 82.0. The standard InChI is InChI=1S/C71H141N2O6P/c1-6-8-10-12-14-16-18-20-22-24-26-27-28-29-30-31-32-33-34-35-36-37-38-39-40-41-42-43-44-45-47-49-51-53-55-57-59-61-63-65-71(75)72-69(68-79-80(76,77)78-67-66-73(3,4)5)70(74)64-62-60-58-56-54-52-50-48-46-25-23-21-19-17-15-13-11-9-7-2/h35-36,62,64,69-70,74H,6-34,37-61,63,65-68H2,1-5H3,(H-,72,75,76,77)/p+1/b36-35-,64-62+. The van der Waals surface area contributed by atoms with Gasteiger partial charge in [-0.2, -0.15) is 0 Å². The molecule has 0 fully saturated rings. The van der Waals surface area contributed by atoms with Crippen molar-refractivity contribution in [1.29, 1.82) is 0 Å². The molecule has 0 bridgehead atoms. The highest BCUT2D eigenvalue weighted by Gasteiger charge is 2.28. The van der Waals surface area contributed by atoms with Gasteiger partial charge in [0.1, 0.15) is 13.2 Å². The Hall–Kier alpha value is -1.02. The van der Waals surface area contributed by atoms with Gasteiger partial charge in [-0.1, -0.05) is 346 Å². The van der Waals surface area contributed by atoms with Gasteiger partial charge in [0.25, 0.3) is 0 Å². The molecule has 9 heteroatoms. The Labute approximate surface area is 500 Å². The van der Waals surface area contributed by atoms with E-state index in [-0.39, 0.29) is 19.1 Å². The molecule has 0 radical (unpaired) electrons. The molecule has 8 nitrogen and oxygen atoms in total. The number of aliphatic hydroxyl groups is 1. The molecular formula is C71H142N2O6P+.